The van der Waals surface area contributed by atoms with Crippen LogP contribution in [0.4, 0.5) is 4.39 Å². The lowest BCUT2D eigenvalue weighted by Crippen LogP contribution is -2.47. The van der Waals surface area contributed by atoms with Crippen molar-refractivity contribution in [3.05, 3.63) is 86.8 Å². The van der Waals surface area contributed by atoms with Crippen LogP contribution in [-0.2, 0) is 26.0 Å². The number of ether oxygens (including phenoxy) is 1. The van der Waals surface area contributed by atoms with E-state index in [2.05, 4.69) is 0 Å². The zero-order valence-electron chi connectivity index (χ0n) is 19.2. The molecule has 1 aliphatic rings. The van der Waals surface area contributed by atoms with Gasteiger partial charge in [0.1, 0.15) is 5.82 Å². The molecule has 10 heteroatoms. The van der Waals surface area contributed by atoms with Gasteiger partial charge in [-0.3, -0.25) is 4.79 Å². The van der Waals surface area contributed by atoms with E-state index < -0.39 is 15.8 Å². The standard InChI is InChI=1S/C25H26ClFN2O4S2/c1-33-15-2-13-28(35(31,32)21-9-7-20(27)8-10-21)17-24(30)29-14-11-23-22(12-16-34-23)25(29)18-3-5-19(26)6-4-18/h3-10,12,16,25H,2,11,13-15,17H2,1H3. The van der Waals surface area contributed by atoms with E-state index in [0.717, 1.165) is 27.6 Å². The van der Waals surface area contributed by atoms with Crippen LogP contribution in [0.3, 0.4) is 0 Å². The normalized spacial score (nSPS) is 15.9. The Morgan fingerprint density at radius 1 is 1.17 bits per heavy atom. The maximum atomic E-state index is 13.7. The number of hydrogen-bond donors (Lipinski definition) is 0. The van der Waals surface area contributed by atoms with Gasteiger partial charge in [-0.25, -0.2) is 12.8 Å². The molecular weight excluding hydrogens is 511 g/mol. The Balaban J connectivity index is 1.64. The van der Waals surface area contributed by atoms with Gasteiger partial charge in [0.25, 0.3) is 0 Å². The van der Waals surface area contributed by atoms with Crippen molar-refractivity contribution >= 4 is 38.9 Å². The van der Waals surface area contributed by atoms with Crippen molar-refractivity contribution in [1.82, 2.24) is 9.21 Å². The van der Waals surface area contributed by atoms with Crippen molar-refractivity contribution in [3.63, 3.8) is 0 Å². The Morgan fingerprint density at radius 3 is 2.57 bits per heavy atom. The van der Waals surface area contributed by atoms with Crippen molar-refractivity contribution in [2.75, 3.05) is 33.4 Å². The van der Waals surface area contributed by atoms with Gasteiger partial charge in [-0.15, -0.1) is 11.3 Å². The number of hydrogen-bond acceptors (Lipinski definition) is 5. The highest BCUT2D eigenvalue weighted by atomic mass is 35.5. The number of methoxy groups -OCH3 is 1. The van der Waals surface area contributed by atoms with E-state index in [-0.39, 0.29) is 29.9 Å². The zero-order chi connectivity index (χ0) is 25.0. The van der Waals surface area contributed by atoms with Crippen LogP contribution in [0.5, 0.6) is 0 Å². The number of halogens is 2. The second-order valence-corrected chi connectivity index (χ2v) is 11.6. The predicted octanol–water partition coefficient (Wildman–Crippen LogP) is 4.74. The largest absolute Gasteiger partial charge is 0.385 e. The number of benzene rings is 2. The molecular formula is C25H26ClFN2O4S2. The summed E-state index contributed by atoms with van der Waals surface area (Å²) < 4.78 is 46.4. The van der Waals surface area contributed by atoms with Gasteiger partial charge in [0.2, 0.25) is 15.9 Å². The summed E-state index contributed by atoms with van der Waals surface area (Å²) >= 11 is 7.75. The molecule has 2 aromatic carbocycles. The summed E-state index contributed by atoms with van der Waals surface area (Å²) in [7, 11) is -2.49. The van der Waals surface area contributed by atoms with Gasteiger partial charge in [-0.05, 0) is 71.8 Å². The summed E-state index contributed by atoms with van der Waals surface area (Å²) in [6.45, 7) is 0.594. The van der Waals surface area contributed by atoms with Crippen LogP contribution in [0.25, 0.3) is 0 Å². The Labute approximate surface area is 213 Å². The number of thiophene rings is 1. The first-order valence-electron chi connectivity index (χ1n) is 11.2. The number of rotatable bonds is 9. The number of nitrogens with zero attached hydrogens (tertiary/aromatic N) is 2. The smallest absolute Gasteiger partial charge is 0.243 e. The molecule has 0 aliphatic carbocycles. The maximum Gasteiger partial charge on any atom is 0.243 e. The van der Waals surface area contributed by atoms with Gasteiger partial charge >= 0.3 is 0 Å². The van der Waals surface area contributed by atoms with Crippen molar-refractivity contribution in [2.45, 2.75) is 23.8 Å². The molecule has 0 N–H and O–H groups in total. The van der Waals surface area contributed by atoms with E-state index in [0.29, 0.717) is 31.0 Å². The summed E-state index contributed by atoms with van der Waals surface area (Å²) in [6.07, 6.45) is 1.12. The van der Waals surface area contributed by atoms with Crippen LogP contribution in [0.1, 0.15) is 28.5 Å². The lowest BCUT2D eigenvalue weighted by Gasteiger charge is -2.37. The number of carbonyl (C=O) groups is 1. The molecule has 4 rings (SSSR count). The monoisotopic (exact) mass is 536 g/mol. The summed E-state index contributed by atoms with van der Waals surface area (Å²) in [5.41, 5.74) is 1.96. The van der Waals surface area contributed by atoms with Crippen LogP contribution in [-0.4, -0.2) is 56.9 Å². The topological polar surface area (TPSA) is 66.9 Å². The third-order valence-corrected chi connectivity index (χ3v) is 9.10. The Kier molecular flexibility index (Phi) is 8.23. The Bertz CT molecular complexity index is 1260. The van der Waals surface area contributed by atoms with E-state index in [4.69, 9.17) is 16.3 Å². The highest BCUT2D eigenvalue weighted by Crippen LogP contribution is 2.38. The fraction of sp³-hybridized carbons (Fsp3) is 0.320. The van der Waals surface area contributed by atoms with Crippen LogP contribution in [0.2, 0.25) is 5.02 Å². The second kappa shape index (κ2) is 11.2. The van der Waals surface area contributed by atoms with E-state index >= 15 is 0 Å². The van der Waals surface area contributed by atoms with Crippen molar-refractivity contribution < 1.29 is 22.3 Å². The summed E-state index contributed by atoms with van der Waals surface area (Å²) in [5.74, 6) is -0.832. The van der Waals surface area contributed by atoms with Gasteiger partial charge in [0, 0.05) is 36.7 Å². The zero-order valence-corrected chi connectivity index (χ0v) is 21.6. The quantitative estimate of drug-likeness (QED) is 0.370. The predicted molar refractivity (Wildman–Crippen MR) is 135 cm³/mol. The van der Waals surface area contributed by atoms with Gasteiger partial charge in [0.05, 0.1) is 17.5 Å². The average Bonchev–Trinajstić information content (AvgIpc) is 3.33. The molecule has 1 aromatic heterocycles. The molecule has 0 saturated carbocycles. The highest BCUT2D eigenvalue weighted by molar-refractivity contribution is 7.89. The molecule has 0 radical (unpaired) electrons. The molecule has 1 amide bonds. The number of amides is 1. The molecule has 0 spiro atoms. The van der Waals surface area contributed by atoms with Crippen molar-refractivity contribution in [3.8, 4) is 0 Å². The fourth-order valence-electron chi connectivity index (χ4n) is 4.26. The van der Waals surface area contributed by atoms with Gasteiger partial charge < -0.3 is 9.64 Å². The summed E-state index contributed by atoms with van der Waals surface area (Å²) in [6, 6.07) is 13.7. The minimum atomic E-state index is -4.02. The summed E-state index contributed by atoms with van der Waals surface area (Å²) in [5, 5.41) is 2.61. The van der Waals surface area contributed by atoms with E-state index in [1.807, 2.05) is 23.6 Å². The first-order chi connectivity index (χ1) is 16.8. The third kappa shape index (κ3) is 5.76. The maximum absolute atomic E-state index is 13.7. The van der Waals surface area contributed by atoms with E-state index in [9.17, 15) is 17.6 Å². The summed E-state index contributed by atoms with van der Waals surface area (Å²) in [4.78, 5) is 16.6. The first-order valence-corrected chi connectivity index (χ1v) is 13.9. The third-order valence-electron chi connectivity index (χ3n) is 5.99. The number of fused-ring (bicyclic) bond motifs is 1. The molecule has 1 atom stereocenters. The van der Waals surface area contributed by atoms with E-state index in [1.54, 1.807) is 28.4 Å². The lowest BCUT2D eigenvalue weighted by molar-refractivity contribution is -0.133. The molecule has 3 aromatic rings. The molecule has 0 saturated heterocycles. The lowest BCUT2D eigenvalue weighted by atomic mass is 9.93. The van der Waals surface area contributed by atoms with Crippen LogP contribution >= 0.6 is 22.9 Å². The van der Waals surface area contributed by atoms with E-state index in [1.165, 1.54) is 24.1 Å². The molecule has 6 nitrogen and oxygen atoms in total. The van der Waals surface area contributed by atoms with Crippen molar-refractivity contribution in [2.24, 2.45) is 0 Å². The number of sulfonamides is 1. The first kappa shape index (κ1) is 25.8. The molecule has 0 bridgehead atoms. The SMILES string of the molecule is COCCCN(CC(=O)N1CCc2sccc2C1c1ccc(Cl)cc1)S(=O)(=O)c1ccc(F)cc1. The van der Waals surface area contributed by atoms with Crippen LogP contribution < -0.4 is 0 Å². The second-order valence-electron chi connectivity index (χ2n) is 8.23. The Hall–Kier alpha value is -2.30. The molecule has 35 heavy (non-hydrogen) atoms. The minimum Gasteiger partial charge on any atom is -0.385 e. The molecule has 186 valence electrons. The van der Waals surface area contributed by atoms with Gasteiger partial charge in [0.15, 0.2) is 0 Å². The Morgan fingerprint density at radius 2 is 1.89 bits per heavy atom. The number of carbonyl (C=O) groups excluding carboxylic acids is 1. The molecule has 1 aliphatic heterocycles. The molecule has 1 unspecified atom stereocenters. The highest BCUT2D eigenvalue weighted by Gasteiger charge is 2.35. The van der Waals surface area contributed by atoms with Crippen molar-refractivity contribution in [1.29, 1.82) is 0 Å². The van der Waals surface area contributed by atoms with Crippen LogP contribution in [0.15, 0.2) is 64.9 Å². The van der Waals surface area contributed by atoms with Gasteiger partial charge in [-0.1, -0.05) is 23.7 Å². The van der Waals surface area contributed by atoms with Crippen LogP contribution in [0, 0.1) is 5.82 Å². The molecule has 0 fully saturated rings. The van der Waals surface area contributed by atoms with Gasteiger partial charge in [-0.2, -0.15) is 4.31 Å². The molecule has 2 heterocycles. The minimum absolute atomic E-state index is 0.0582. The average molecular weight is 537 g/mol. The fourth-order valence-corrected chi connectivity index (χ4v) is 6.71.